The molecule has 5 aliphatic rings. The van der Waals surface area contributed by atoms with Crippen LogP contribution in [0.4, 0.5) is 13.2 Å². The molecule has 1 aliphatic heterocycles. The molecular formula is C25H37F3N4O7. The highest BCUT2D eigenvalue weighted by molar-refractivity contribution is 5.93. The van der Waals surface area contributed by atoms with Gasteiger partial charge in [0.25, 0.3) is 0 Å². The predicted molar refractivity (Wildman–Crippen MR) is 130 cm³/mol. The zero-order valence-electron chi connectivity index (χ0n) is 21.9. The van der Waals surface area contributed by atoms with Crippen molar-refractivity contribution < 1.29 is 47.0 Å². The van der Waals surface area contributed by atoms with Gasteiger partial charge in [0.15, 0.2) is 0 Å². The van der Waals surface area contributed by atoms with Crippen LogP contribution in [-0.2, 0) is 28.7 Å². The van der Waals surface area contributed by atoms with E-state index in [4.69, 9.17) is 20.4 Å². The maximum atomic E-state index is 13.4. The molecule has 5 rings (SSSR count). The quantitative estimate of drug-likeness (QED) is 0.319. The van der Waals surface area contributed by atoms with Gasteiger partial charge in [0.1, 0.15) is 12.1 Å². The van der Waals surface area contributed by atoms with Gasteiger partial charge in [-0.1, -0.05) is 0 Å². The van der Waals surface area contributed by atoms with Gasteiger partial charge >= 0.3 is 18.1 Å². The molecule has 5 N–H and O–H groups in total. The van der Waals surface area contributed by atoms with Crippen LogP contribution in [0.25, 0.3) is 0 Å². The molecule has 39 heavy (non-hydrogen) atoms. The molecule has 0 aromatic carbocycles. The summed E-state index contributed by atoms with van der Waals surface area (Å²) in [5.74, 6) is -2.01. The lowest BCUT2D eigenvalue weighted by Gasteiger charge is -2.57. The topological polar surface area (TPSA) is 168 Å². The molecule has 0 unspecified atom stereocenters. The van der Waals surface area contributed by atoms with Crippen molar-refractivity contribution >= 4 is 29.7 Å². The van der Waals surface area contributed by atoms with Crippen LogP contribution in [0.5, 0.6) is 0 Å². The van der Waals surface area contributed by atoms with E-state index in [1.54, 1.807) is 0 Å². The number of alkyl halides is 3. The first-order valence-corrected chi connectivity index (χ1v) is 13.3. The molecular weight excluding hydrogens is 525 g/mol. The van der Waals surface area contributed by atoms with Crippen molar-refractivity contribution in [3.63, 3.8) is 0 Å². The largest absolute Gasteiger partial charge is 0.490 e. The molecule has 0 aromatic heterocycles. The molecule has 4 saturated carbocycles. The summed E-state index contributed by atoms with van der Waals surface area (Å²) in [4.78, 5) is 60.6. The number of carboxylic acid groups (broad SMARTS) is 1. The van der Waals surface area contributed by atoms with Gasteiger partial charge < -0.3 is 31.1 Å². The summed E-state index contributed by atoms with van der Waals surface area (Å²) < 4.78 is 36.5. The third kappa shape index (κ3) is 7.83. The Hall–Kier alpha value is -2.90. The Morgan fingerprint density at radius 3 is 2.08 bits per heavy atom. The van der Waals surface area contributed by atoms with Crippen molar-refractivity contribution in [3.8, 4) is 0 Å². The Balaban J connectivity index is 0.000000532. The lowest BCUT2D eigenvalue weighted by Crippen LogP contribution is -2.63. The summed E-state index contributed by atoms with van der Waals surface area (Å²) in [6.07, 6.45) is 3.18. The second kappa shape index (κ2) is 12.5. The third-order valence-electron chi connectivity index (χ3n) is 8.22. The molecule has 14 heteroatoms. The van der Waals surface area contributed by atoms with E-state index in [0.29, 0.717) is 30.7 Å². The van der Waals surface area contributed by atoms with Gasteiger partial charge in [0.2, 0.25) is 17.7 Å². The van der Waals surface area contributed by atoms with Crippen LogP contribution in [0.3, 0.4) is 0 Å². The van der Waals surface area contributed by atoms with Gasteiger partial charge in [0, 0.05) is 18.5 Å². The van der Waals surface area contributed by atoms with Crippen molar-refractivity contribution in [2.75, 3.05) is 20.2 Å². The molecule has 3 amide bonds. The fraction of sp³-hybridized carbons (Fsp3) is 0.800. The van der Waals surface area contributed by atoms with Gasteiger partial charge in [-0.05, 0) is 75.5 Å². The standard InChI is InChI=1S/C23H36N4O5.C2HF3O2/c1-32-20(29)5-4-17(25-22(31)18-3-2-6-27(18)19(28)13-24)21(30)26-23-10-14-7-15(11-23)9-16(8-14)12-23;3-2(4,5)1(6)7/h14-18H,2-13,24H2,1H3,(H,25,31)(H,26,30);(H,6,7)/t14?,15?,16?,17-,18-,23?;/m0./s1. The Kier molecular flexibility index (Phi) is 9.83. The number of carbonyl (C=O) groups excluding carboxylic acids is 4. The van der Waals surface area contributed by atoms with E-state index in [9.17, 15) is 32.3 Å². The Morgan fingerprint density at radius 1 is 1.08 bits per heavy atom. The SMILES string of the molecule is COC(=O)CC[C@H](NC(=O)[C@@H]1CCCN1C(=O)CN)C(=O)NC12CC3CC(CC(C3)C1)C2.O=C(O)C(F)(F)F. The minimum absolute atomic E-state index is 0.0336. The molecule has 4 aliphatic carbocycles. The second-order valence-corrected chi connectivity index (χ2v) is 11.1. The predicted octanol–water partition coefficient (Wildman–Crippen LogP) is 1.09. The summed E-state index contributed by atoms with van der Waals surface area (Å²) in [6.45, 7) is 0.336. The summed E-state index contributed by atoms with van der Waals surface area (Å²) >= 11 is 0. The number of nitrogens with one attached hydrogen (secondary N) is 2. The molecule has 0 aromatic rings. The van der Waals surface area contributed by atoms with E-state index < -0.39 is 30.2 Å². The van der Waals surface area contributed by atoms with E-state index in [2.05, 4.69) is 10.6 Å². The van der Waals surface area contributed by atoms with Gasteiger partial charge in [-0.25, -0.2) is 4.79 Å². The average Bonchev–Trinajstić information content (AvgIpc) is 3.34. The first kappa shape index (κ1) is 30.6. The Morgan fingerprint density at radius 2 is 1.62 bits per heavy atom. The highest BCUT2D eigenvalue weighted by Gasteiger charge is 2.52. The number of hydrogen-bond acceptors (Lipinski definition) is 7. The van der Waals surface area contributed by atoms with Crippen LogP contribution in [0.15, 0.2) is 0 Å². The number of amides is 3. The molecule has 5 fully saturated rings. The van der Waals surface area contributed by atoms with Crippen LogP contribution in [-0.4, -0.2) is 83.7 Å². The van der Waals surface area contributed by atoms with Gasteiger partial charge in [0.05, 0.1) is 13.7 Å². The number of esters is 1. The lowest BCUT2D eigenvalue weighted by atomic mass is 9.53. The summed E-state index contributed by atoms with van der Waals surface area (Å²) in [7, 11) is 1.31. The average molecular weight is 563 g/mol. The van der Waals surface area contributed by atoms with Crippen molar-refractivity contribution in [1.29, 1.82) is 0 Å². The summed E-state index contributed by atoms with van der Waals surface area (Å²) in [6, 6.07) is -1.47. The third-order valence-corrected chi connectivity index (χ3v) is 8.22. The number of nitrogens with two attached hydrogens (primary N) is 1. The number of hydrogen-bond donors (Lipinski definition) is 4. The smallest absolute Gasteiger partial charge is 0.475 e. The molecule has 1 heterocycles. The first-order valence-electron chi connectivity index (χ1n) is 13.3. The minimum atomic E-state index is -5.08. The fourth-order valence-corrected chi connectivity index (χ4v) is 6.97. The monoisotopic (exact) mass is 562 g/mol. The fourth-order valence-electron chi connectivity index (χ4n) is 6.97. The van der Waals surface area contributed by atoms with E-state index in [0.717, 1.165) is 25.7 Å². The van der Waals surface area contributed by atoms with Gasteiger partial charge in [-0.15, -0.1) is 0 Å². The van der Waals surface area contributed by atoms with E-state index in [-0.39, 0.29) is 42.6 Å². The molecule has 11 nitrogen and oxygen atoms in total. The number of nitrogens with zero attached hydrogens (tertiary/aromatic N) is 1. The Bertz CT molecular complexity index is 923. The van der Waals surface area contributed by atoms with Crippen molar-refractivity contribution in [2.24, 2.45) is 23.5 Å². The molecule has 2 atom stereocenters. The lowest BCUT2D eigenvalue weighted by molar-refractivity contribution is -0.192. The molecule has 4 bridgehead atoms. The van der Waals surface area contributed by atoms with Crippen molar-refractivity contribution in [1.82, 2.24) is 15.5 Å². The van der Waals surface area contributed by atoms with Crippen LogP contribution in [0.2, 0.25) is 0 Å². The number of likely N-dealkylation sites (tertiary alicyclic amines) is 1. The summed E-state index contributed by atoms with van der Waals surface area (Å²) in [5, 5.41) is 13.3. The van der Waals surface area contributed by atoms with Crippen LogP contribution < -0.4 is 16.4 Å². The normalized spacial score (nSPS) is 29.6. The van der Waals surface area contributed by atoms with E-state index in [1.807, 2.05) is 0 Å². The van der Waals surface area contributed by atoms with Gasteiger partial charge in [-0.3, -0.25) is 19.2 Å². The second-order valence-electron chi connectivity index (χ2n) is 11.1. The van der Waals surface area contributed by atoms with Crippen LogP contribution >= 0.6 is 0 Å². The first-order chi connectivity index (χ1) is 18.3. The van der Waals surface area contributed by atoms with Crippen LogP contribution in [0.1, 0.15) is 64.2 Å². The maximum Gasteiger partial charge on any atom is 0.490 e. The van der Waals surface area contributed by atoms with Gasteiger partial charge in [-0.2, -0.15) is 13.2 Å². The number of halogens is 3. The van der Waals surface area contributed by atoms with Crippen molar-refractivity contribution in [2.45, 2.75) is 88.0 Å². The zero-order chi connectivity index (χ0) is 29.0. The molecule has 0 radical (unpaired) electrons. The number of aliphatic carboxylic acids is 1. The molecule has 220 valence electrons. The van der Waals surface area contributed by atoms with E-state index in [1.165, 1.54) is 31.3 Å². The number of rotatable bonds is 8. The van der Waals surface area contributed by atoms with Crippen molar-refractivity contribution in [3.05, 3.63) is 0 Å². The number of ether oxygens (including phenoxy) is 1. The minimum Gasteiger partial charge on any atom is -0.475 e. The van der Waals surface area contributed by atoms with Crippen LogP contribution in [0, 0.1) is 17.8 Å². The number of carboxylic acids is 1. The Labute approximate surface area is 224 Å². The number of carbonyl (C=O) groups is 5. The van der Waals surface area contributed by atoms with E-state index >= 15 is 0 Å². The summed E-state index contributed by atoms with van der Waals surface area (Å²) in [5.41, 5.74) is 5.30. The highest BCUT2D eigenvalue weighted by atomic mass is 19.4. The molecule has 0 spiro atoms. The zero-order valence-corrected chi connectivity index (χ0v) is 21.9. The highest BCUT2D eigenvalue weighted by Crippen LogP contribution is 2.55. The molecule has 1 saturated heterocycles. The number of methoxy groups -OCH3 is 1. The maximum absolute atomic E-state index is 13.4.